The Morgan fingerprint density at radius 1 is 1.15 bits per heavy atom. The van der Waals surface area contributed by atoms with Crippen LogP contribution in [0.15, 0.2) is 53.6 Å². The second kappa shape index (κ2) is 10.2. The summed E-state index contributed by atoms with van der Waals surface area (Å²) < 4.78 is 5.79. The van der Waals surface area contributed by atoms with Crippen LogP contribution in [0.2, 0.25) is 5.02 Å². The molecule has 0 aliphatic heterocycles. The summed E-state index contributed by atoms with van der Waals surface area (Å²) in [7, 11) is 0. The first-order valence-corrected chi connectivity index (χ1v) is 8.55. The number of rotatable bonds is 7. The van der Waals surface area contributed by atoms with E-state index < -0.39 is 11.8 Å². The monoisotopic (exact) mass is 373 g/mol. The predicted octanol–water partition coefficient (Wildman–Crippen LogP) is 2.90. The third-order valence-corrected chi connectivity index (χ3v) is 3.56. The molecule has 0 atom stereocenters. The molecule has 0 saturated heterocycles. The molecule has 6 nitrogen and oxygen atoms in total. The largest absolute Gasteiger partial charge is 0.488 e. The van der Waals surface area contributed by atoms with Crippen molar-refractivity contribution in [3.05, 3.63) is 64.7 Å². The van der Waals surface area contributed by atoms with E-state index >= 15 is 0 Å². The number of hydrogen-bond donors (Lipinski definition) is 2. The van der Waals surface area contributed by atoms with Crippen molar-refractivity contribution in [1.82, 2.24) is 10.7 Å². The molecule has 0 fully saturated rings. The van der Waals surface area contributed by atoms with Gasteiger partial charge in [0.05, 0.1) is 6.21 Å². The van der Waals surface area contributed by atoms with E-state index in [0.717, 1.165) is 12.0 Å². The average molecular weight is 374 g/mol. The topological polar surface area (TPSA) is 79.8 Å². The Kier molecular flexibility index (Phi) is 7.64. The highest BCUT2D eigenvalue weighted by Gasteiger charge is 2.11. The number of halogens is 1. The Bertz CT molecular complexity index is 779. The highest BCUT2D eigenvalue weighted by Crippen LogP contribution is 2.22. The molecule has 0 bridgehead atoms. The van der Waals surface area contributed by atoms with Crippen molar-refractivity contribution < 1.29 is 14.3 Å². The zero-order valence-electron chi connectivity index (χ0n) is 14.4. The average Bonchev–Trinajstić information content (AvgIpc) is 2.66. The molecule has 2 rings (SSSR count). The summed E-state index contributed by atoms with van der Waals surface area (Å²) in [6.07, 6.45) is 2.13. The van der Waals surface area contributed by atoms with Crippen molar-refractivity contribution in [1.29, 1.82) is 0 Å². The third kappa shape index (κ3) is 6.22. The molecule has 0 heterocycles. The zero-order valence-corrected chi connectivity index (χ0v) is 15.1. The van der Waals surface area contributed by atoms with Crippen LogP contribution in [0.5, 0.6) is 5.75 Å². The maximum Gasteiger partial charge on any atom is 0.329 e. The molecule has 136 valence electrons. The first-order valence-electron chi connectivity index (χ1n) is 8.17. The van der Waals surface area contributed by atoms with E-state index in [0.29, 0.717) is 29.5 Å². The van der Waals surface area contributed by atoms with Crippen LogP contribution in [0.25, 0.3) is 0 Å². The number of hydrogen-bond acceptors (Lipinski definition) is 4. The summed E-state index contributed by atoms with van der Waals surface area (Å²) in [6.45, 7) is 2.71. The number of ether oxygens (including phenoxy) is 1. The molecular weight excluding hydrogens is 354 g/mol. The Morgan fingerprint density at radius 3 is 2.65 bits per heavy atom. The van der Waals surface area contributed by atoms with Gasteiger partial charge in [0.25, 0.3) is 0 Å². The van der Waals surface area contributed by atoms with Gasteiger partial charge in [0.15, 0.2) is 0 Å². The fraction of sp³-hybridized carbons (Fsp3) is 0.211. The number of amides is 2. The molecule has 0 aromatic heterocycles. The summed E-state index contributed by atoms with van der Waals surface area (Å²) in [5, 5.41) is 6.78. The van der Waals surface area contributed by atoms with Gasteiger partial charge in [-0.1, -0.05) is 48.9 Å². The number of nitrogens with one attached hydrogen (secondary N) is 2. The van der Waals surface area contributed by atoms with Crippen molar-refractivity contribution in [2.24, 2.45) is 5.10 Å². The number of carbonyl (C=O) groups is 2. The van der Waals surface area contributed by atoms with Crippen LogP contribution >= 0.6 is 11.6 Å². The van der Waals surface area contributed by atoms with E-state index in [1.807, 2.05) is 37.3 Å². The summed E-state index contributed by atoms with van der Waals surface area (Å²) in [6, 6.07) is 14.8. The molecular formula is C19H20ClN3O3. The molecule has 0 aliphatic carbocycles. The van der Waals surface area contributed by atoms with E-state index in [1.165, 1.54) is 6.21 Å². The Labute approximate surface area is 157 Å². The number of nitrogens with zero attached hydrogens (tertiary/aromatic N) is 1. The maximum atomic E-state index is 11.6. The first-order chi connectivity index (χ1) is 12.6. The van der Waals surface area contributed by atoms with Gasteiger partial charge in [-0.05, 0) is 30.2 Å². The molecule has 2 aromatic carbocycles. The minimum absolute atomic E-state index is 0.384. The van der Waals surface area contributed by atoms with Gasteiger partial charge >= 0.3 is 11.8 Å². The lowest BCUT2D eigenvalue weighted by molar-refractivity contribution is -0.139. The van der Waals surface area contributed by atoms with E-state index in [1.54, 1.807) is 18.2 Å². The predicted molar refractivity (Wildman–Crippen MR) is 101 cm³/mol. The smallest absolute Gasteiger partial charge is 0.329 e. The summed E-state index contributed by atoms with van der Waals surface area (Å²) in [5.74, 6) is -0.995. The van der Waals surface area contributed by atoms with Crippen LogP contribution < -0.4 is 15.5 Å². The molecule has 7 heteroatoms. The van der Waals surface area contributed by atoms with E-state index in [-0.39, 0.29) is 0 Å². The van der Waals surface area contributed by atoms with Crippen molar-refractivity contribution in [2.45, 2.75) is 20.0 Å². The van der Waals surface area contributed by atoms with E-state index in [2.05, 4.69) is 15.8 Å². The van der Waals surface area contributed by atoms with Gasteiger partial charge in [-0.15, -0.1) is 0 Å². The quantitative estimate of drug-likeness (QED) is 0.445. The third-order valence-electron chi connectivity index (χ3n) is 3.32. The Hall–Kier alpha value is -2.86. The van der Waals surface area contributed by atoms with Gasteiger partial charge in [0.2, 0.25) is 0 Å². The SMILES string of the molecule is CCCNC(=O)C(=O)N/N=C\c1cc(Cl)ccc1OCc1ccccc1. The summed E-state index contributed by atoms with van der Waals surface area (Å²) in [5.41, 5.74) is 3.79. The molecule has 0 unspecified atom stereocenters. The lowest BCUT2D eigenvalue weighted by atomic mass is 10.2. The van der Waals surface area contributed by atoms with Crippen LogP contribution in [-0.4, -0.2) is 24.6 Å². The number of carbonyl (C=O) groups excluding carboxylic acids is 2. The highest BCUT2D eigenvalue weighted by atomic mass is 35.5. The number of hydrazone groups is 1. The van der Waals surface area contributed by atoms with Crippen molar-refractivity contribution in [3.8, 4) is 5.75 Å². The van der Waals surface area contributed by atoms with Gasteiger partial charge in [-0.3, -0.25) is 9.59 Å². The molecule has 2 N–H and O–H groups in total. The van der Waals surface area contributed by atoms with Crippen LogP contribution in [0.1, 0.15) is 24.5 Å². The molecule has 0 aliphatic rings. The van der Waals surface area contributed by atoms with Crippen LogP contribution in [0.4, 0.5) is 0 Å². The lowest BCUT2D eigenvalue weighted by Gasteiger charge is -2.09. The second-order valence-electron chi connectivity index (χ2n) is 5.41. The van der Waals surface area contributed by atoms with Crippen molar-refractivity contribution in [3.63, 3.8) is 0 Å². The van der Waals surface area contributed by atoms with Crippen LogP contribution in [0.3, 0.4) is 0 Å². The second-order valence-corrected chi connectivity index (χ2v) is 5.85. The Morgan fingerprint density at radius 2 is 1.92 bits per heavy atom. The zero-order chi connectivity index (χ0) is 18.8. The van der Waals surface area contributed by atoms with Crippen molar-refractivity contribution >= 4 is 29.6 Å². The summed E-state index contributed by atoms with van der Waals surface area (Å²) >= 11 is 6.01. The molecule has 0 radical (unpaired) electrons. The molecule has 0 spiro atoms. The molecule has 0 saturated carbocycles. The van der Waals surface area contributed by atoms with Gasteiger partial charge < -0.3 is 10.1 Å². The van der Waals surface area contributed by atoms with Gasteiger partial charge in [0, 0.05) is 17.1 Å². The molecule has 2 aromatic rings. The van der Waals surface area contributed by atoms with Gasteiger partial charge in [-0.25, -0.2) is 5.43 Å². The molecule has 2 amide bonds. The lowest BCUT2D eigenvalue weighted by Crippen LogP contribution is -2.38. The fourth-order valence-electron chi connectivity index (χ4n) is 2.02. The first kappa shape index (κ1) is 19.5. The highest BCUT2D eigenvalue weighted by molar-refractivity contribution is 6.35. The van der Waals surface area contributed by atoms with Crippen LogP contribution in [0, 0.1) is 0 Å². The standard InChI is InChI=1S/C19H20ClN3O3/c1-2-10-21-18(24)19(25)23-22-12-15-11-16(20)8-9-17(15)26-13-14-6-4-3-5-7-14/h3-9,11-12H,2,10,13H2,1H3,(H,21,24)(H,23,25)/b22-12-. The molecule has 26 heavy (non-hydrogen) atoms. The van der Waals surface area contributed by atoms with E-state index in [4.69, 9.17) is 16.3 Å². The van der Waals surface area contributed by atoms with Gasteiger partial charge in [0.1, 0.15) is 12.4 Å². The normalized spacial score (nSPS) is 10.5. The van der Waals surface area contributed by atoms with Gasteiger partial charge in [-0.2, -0.15) is 5.10 Å². The summed E-state index contributed by atoms with van der Waals surface area (Å²) in [4.78, 5) is 23.1. The van der Waals surface area contributed by atoms with E-state index in [9.17, 15) is 9.59 Å². The number of benzene rings is 2. The maximum absolute atomic E-state index is 11.6. The minimum Gasteiger partial charge on any atom is -0.488 e. The fourth-order valence-corrected chi connectivity index (χ4v) is 2.20. The van der Waals surface area contributed by atoms with Crippen LogP contribution in [-0.2, 0) is 16.2 Å². The minimum atomic E-state index is -0.830. The Balaban J connectivity index is 2.00. The van der Waals surface area contributed by atoms with Crippen molar-refractivity contribution in [2.75, 3.05) is 6.54 Å².